The second kappa shape index (κ2) is 10.7. The van der Waals surface area contributed by atoms with Crippen molar-refractivity contribution in [1.29, 1.82) is 0 Å². The number of nitrogens with zero attached hydrogens (tertiary/aromatic N) is 4. The summed E-state index contributed by atoms with van der Waals surface area (Å²) in [5, 5.41) is 5.46. The minimum atomic E-state index is -0.298. The summed E-state index contributed by atoms with van der Waals surface area (Å²) in [4.78, 5) is 24.9. The summed E-state index contributed by atoms with van der Waals surface area (Å²) in [6, 6.07) is 3.23. The third kappa shape index (κ3) is 5.68. The Balaban J connectivity index is 1.54. The van der Waals surface area contributed by atoms with E-state index in [4.69, 9.17) is 20.2 Å². The number of pyridine rings is 2. The number of urea groups is 1. The normalized spacial score (nSPS) is 11.1. The van der Waals surface area contributed by atoms with E-state index >= 15 is 0 Å². The van der Waals surface area contributed by atoms with E-state index in [1.807, 2.05) is 13.8 Å². The number of rotatable bonds is 10. The van der Waals surface area contributed by atoms with Gasteiger partial charge >= 0.3 is 6.03 Å². The highest BCUT2D eigenvalue weighted by atomic mass is 16.5. The summed E-state index contributed by atoms with van der Waals surface area (Å²) in [5.74, 6) is 1.32. The van der Waals surface area contributed by atoms with Gasteiger partial charge in [0.25, 0.3) is 0 Å². The summed E-state index contributed by atoms with van der Waals surface area (Å²) in [6.45, 7) is 6.39. The summed E-state index contributed by atoms with van der Waals surface area (Å²) in [7, 11) is 1.67. The maximum atomic E-state index is 11.9. The topological polar surface area (TPSA) is 129 Å². The third-order valence-corrected chi connectivity index (χ3v) is 4.92. The molecule has 2 amide bonds. The molecular formula is C21H29N7O3. The first kappa shape index (κ1) is 22.4. The summed E-state index contributed by atoms with van der Waals surface area (Å²) in [5.41, 5.74) is 10.4. The van der Waals surface area contributed by atoms with Gasteiger partial charge in [-0.2, -0.15) is 0 Å². The Bertz CT molecular complexity index is 1020. The van der Waals surface area contributed by atoms with Gasteiger partial charge in [0.15, 0.2) is 5.82 Å². The van der Waals surface area contributed by atoms with Crippen LogP contribution in [0.4, 0.5) is 16.3 Å². The lowest BCUT2D eigenvalue weighted by atomic mass is 10.2. The first-order chi connectivity index (χ1) is 15.0. The van der Waals surface area contributed by atoms with E-state index in [2.05, 4.69) is 25.2 Å². The monoisotopic (exact) mass is 427 g/mol. The molecule has 0 fully saturated rings. The minimum Gasteiger partial charge on any atom is -0.384 e. The first-order valence-corrected chi connectivity index (χ1v) is 10.1. The van der Waals surface area contributed by atoms with Crippen LogP contribution in [0, 0.1) is 13.8 Å². The predicted molar refractivity (Wildman–Crippen MR) is 119 cm³/mol. The molecule has 10 heteroatoms. The zero-order valence-corrected chi connectivity index (χ0v) is 18.1. The first-order valence-electron chi connectivity index (χ1n) is 10.1. The highest BCUT2D eigenvalue weighted by molar-refractivity contribution is 5.89. The van der Waals surface area contributed by atoms with Gasteiger partial charge in [-0.1, -0.05) is 0 Å². The van der Waals surface area contributed by atoms with Gasteiger partial charge in [0.2, 0.25) is 0 Å². The van der Waals surface area contributed by atoms with E-state index in [9.17, 15) is 4.79 Å². The Morgan fingerprint density at radius 1 is 1.23 bits per heavy atom. The quantitative estimate of drug-likeness (QED) is 0.422. The molecule has 0 aliphatic carbocycles. The van der Waals surface area contributed by atoms with E-state index in [-0.39, 0.29) is 6.03 Å². The maximum Gasteiger partial charge on any atom is 0.319 e. The molecule has 0 bridgehead atoms. The second-order valence-corrected chi connectivity index (χ2v) is 7.06. The number of ether oxygens (including phenoxy) is 2. The lowest BCUT2D eigenvalue weighted by Crippen LogP contribution is -2.31. The van der Waals surface area contributed by atoms with E-state index in [1.165, 1.54) is 0 Å². The van der Waals surface area contributed by atoms with Crippen LogP contribution in [0.15, 0.2) is 24.5 Å². The fourth-order valence-corrected chi connectivity index (χ4v) is 3.28. The molecule has 0 atom stereocenters. The Morgan fingerprint density at radius 2 is 2.06 bits per heavy atom. The van der Waals surface area contributed by atoms with Crippen LogP contribution in [-0.2, 0) is 22.4 Å². The van der Waals surface area contributed by atoms with Gasteiger partial charge < -0.3 is 30.4 Å². The lowest BCUT2D eigenvalue weighted by molar-refractivity contribution is 0.128. The number of fused-ring (bicyclic) bond motifs is 1. The van der Waals surface area contributed by atoms with E-state index < -0.39 is 0 Å². The number of nitrogens with two attached hydrogens (primary N) is 1. The molecule has 0 radical (unpaired) electrons. The largest absolute Gasteiger partial charge is 0.384 e. The Morgan fingerprint density at radius 3 is 2.81 bits per heavy atom. The predicted octanol–water partition coefficient (Wildman–Crippen LogP) is 2.05. The molecule has 3 heterocycles. The number of methoxy groups -OCH3 is 1. The van der Waals surface area contributed by atoms with Crippen molar-refractivity contribution in [3.05, 3.63) is 41.6 Å². The zero-order valence-electron chi connectivity index (χ0n) is 18.1. The summed E-state index contributed by atoms with van der Waals surface area (Å²) in [6.07, 6.45) is 3.90. The highest BCUT2D eigenvalue weighted by Crippen LogP contribution is 2.26. The molecule has 3 rings (SSSR count). The Labute approximate surface area is 181 Å². The van der Waals surface area contributed by atoms with Gasteiger partial charge in [0.05, 0.1) is 37.2 Å². The number of carbonyl (C=O) groups is 1. The maximum absolute atomic E-state index is 11.9. The smallest absolute Gasteiger partial charge is 0.319 e. The van der Waals surface area contributed by atoms with Crippen molar-refractivity contribution in [3.8, 4) is 0 Å². The van der Waals surface area contributed by atoms with E-state index in [1.54, 1.807) is 31.6 Å². The number of carbonyl (C=O) groups excluding carboxylic acids is 1. The molecule has 31 heavy (non-hydrogen) atoms. The number of imidazole rings is 1. The molecule has 10 nitrogen and oxygen atoms in total. The van der Waals surface area contributed by atoms with Gasteiger partial charge in [-0.15, -0.1) is 0 Å². The van der Waals surface area contributed by atoms with Gasteiger partial charge in [-0.05, 0) is 31.5 Å². The fourth-order valence-electron chi connectivity index (χ4n) is 3.28. The lowest BCUT2D eigenvalue weighted by Gasteiger charge is -2.12. The average Bonchev–Trinajstić information content (AvgIpc) is 3.13. The number of hydrogen-bond donors (Lipinski definition) is 3. The van der Waals surface area contributed by atoms with Crippen molar-refractivity contribution in [1.82, 2.24) is 24.8 Å². The summed E-state index contributed by atoms with van der Waals surface area (Å²) < 4.78 is 13.1. The van der Waals surface area contributed by atoms with E-state index in [0.29, 0.717) is 56.4 Å². The molecule has 3 aromatic rings. The summed E-state index contributed by atoms with van der Waals surface area (Å²) >= 11 is 0. The van der Waals surface area contributed by atoms with Gasteiger partial charge in [0, 0.05) is 38.5 Å². The van der Waals surface area contributed by atoms with Crippen molar-refractivity contribution in [2.24, 2.45) is 0 Å². The van der Waals surface area contributed by atoms with Crippen LogP contribution in [-0.4, -0.2) is 59.0 Å². The molecule has 0 saturated heterocycles. The molecule has 0 unspecified atom stereocenters. The van der Waals surface area contributed by atoms with Gasteiger partial charge in [-0.25, -0.2) is 14.8 Å². The molecule has 4 N–H and O–H groups in total. The van der Waals surface area contributed by atoms with Crippen molar-refractivity contribution in [3.63, 3.8) is 0 Å². The second-order valence-electron chi connectivity index (χ2n) is 7.06. The average molecular weight is 428 g/mol. The number of anilines is 2. The van der Waals surface area contributed by atoms with Gasteiger partial charge in [0.1, 0.15) is 11.3 Å². The van der Waals surface area contributed by atoms with Crippen molar-refractivity contribution in [2.45, 2.75) is 26.8 Å². The van der Waals surface area contributed by atoms with Crippen molar-refractivity contribution >= 4 is 28.6 Å². The Kier molecular flexibility index (Phi) is 7.74. The van der Waals surface area contributed by atoms with Crippen LogP contribution in [0.2, 0.25) is 0 Å². The SMILES string of the molecule is COCCc1nc2c(N)nc(C)c(C)c2n1CCOCCNC(=O)Nc1cccnc1. The van der Waals surface area contributed by atoms with Crippen LogP contribution < -0.4 is 16.4 Å². The van der Waals surface area contributed by atoms with E-state index in [0.717, 1.165) is 22.6 Å². The molecule has 0 aromatic carbocycles. The van der Waals surface area contributed by atoms with Crippen LogP contribution in [0.25, 0.3) is 11.0 Å². The van der Waals surface area contributed by atoms with Crippen LogP contribution in [0.5, 0.6) is 0 Å². The number of hydrogen-bond acceptors (Lipinski definition) is 7. The molecule has 166 valence electrons. The minimum absolute atomic E-state index is 0.298. The Hall–Kier alpha value is -3.24. The van der Waals surface area contributed by atoms with Crippen LogP contribution in [0.1, 0.15) is 17.1 Å². The van der Waals surface area contributed by atoms with Crippen LogP contribution >= 0.6 is 0 Å². The highest BCUT2D eigenvalue weighted by Gasteiger charge is 2.17. The number of nitrogens with one attached hydrogen (secondary N) is 2. The van der Waals surface area contributed by atoms with Crippen molar-refractivity contribution in [2.75, 3.05) is 44.5 Å². The molecule has 0 spiro atoms. The number of amides is 2. The van der Waals surface area contributed by atoms with Crippen molar-refractivity contribution < 1.29 is 14.3 Å². The van der Waals surface area contributed by atoms with Crippen LogP contribution in [0.3, 0.4) is 0 Å². The van der Waals surface area contributed by atoms with Gasteiger partial charge in [-0.3, -0.25) is 4.98 Å². The number of nitrogen functional groups attached to an aromatic ring is 1. The molecule has 0 aliphatic heterocycles. The number of aromatic nitrogens is 4. The molecule has 0 aliphatic rings. The zero-order chi connectivity index (χ0) is 22.2. The number of aryl methyl sites for hydroxylation is 2. The molecule has 0 saturated carbocycles. The third-order valence-electron chi connectivity index (χ3n) is 4.92. The molecule has 3 aromatic heterocycles. The molecular weight excluding hydrogens is 398 g/mol. The standard InChI is InChI=1S/C21H29N7O3/c1-14-15(2)25-20(22)18-19(14)28(17(27-18)6-10-30-3)9-12-31-11-8-24-21(29)26-16-5-4-7-23-13-16/h4-5,7,13H,6,8-12H2,1-3H3,(H2,22,25)(H2,24,26,29). The fraction of sp³-hybridized carbons (Fsp3) is 0.429.